The molecule has 0 saturated carbocycles. The molecule has 162 valence electrons. The highest BCUT2D eigenvalue weighted by Crippen LogP contribution is 2.25. The summed E-state index contributed by atoms with van der Waals surface area (Å²) in [4.78, 5) is 30.8. The molecule has 2 saturated heterocycles. The van der Waals surface area contributed by atoms with E-state index in [9.17, 15) is 9.59 Å². The average Bonchev–Trinajstić information content (AvgIpc) is 3.19. The molecule has 2 aromatic rings. The van der Waals surface area contributed by atoms with Gasteiger partial charge in [-0.15, -0.1) is 0 Å². The lowest BCUT2D eigenvalue weighted by atomic mass is 10.1. The van der Waals surface area contributed by atoms with Crippen LogP contribution in [0.25, 0.3) is 6.08 Å². The van der Waals surface area contributed by atoms with E-state index in [1.54, 1.807) is 12.2 Å². The molecule has 2 fully saturated rings. The second-order valence-corrected chi connectivity index (χ2v) is 8.35. The molecule has 2 aliphatic heterocycles. The van der Waals surface area contributed by atoms with Gasteiger partial charge in [0.25, 0.3) is 0 Å². The van der Waals surface area contributed by atoms with Crippen molar-refractivity contribution in [1.29, 1.82) is 0 Å². The predicted molar refractivity (Wildman–Crippen MR) is 127 cm³/mol. The number of aryl methyl sites for hydroxylation is 1. The first kappa shape index (κ1) is 21.1. The Morgan fingerprint density at radius 3 is 2.39 bits per heavy atom. The molecule has 2 aromatic carbocycles. The van der Waals surface area contributed by atoms with Gasteiger partial charge in [0, 0.05) is 62.3 Å². The molecule has 0 aromatic heterocycles. The normalized spacial score (nSPS) is 17.5. The van der Waals surface area contributed by atoms with Gasteiger partial charge in [0.1, 0.15) is 0 Å². The maximum absolute atomic E-state index is 12.4. The molecule has 0 radical (unpaired) electrons. The molecule has 2 amide bonds. The van der Waals surface area contributed by atoms with E-state index in [1.165, 1.54) is 11.3 Å². The van der Waals surface area contributed by atoms with Gasteiger partial charge in [-0.1, -0.05) is 12.1 Å². The summed E-state index contributed by atoms with van der Waals surface area (Å²) in [7, 11) is 2.15. The fraction of sp³-hybridized carbons (Fsp3) is 0.360. The van der Waals surface area contributed by atoms with Crippen LogP contribution in [0.5, 0.6) is 0 Å². The van der Waals surface area contributed by atoms with Crippen molar-refractivity contribution >= 4 is 35.0 Å². The number of amides is 2. The van der Waals surface area contributed by atoms with E-state index in [4.69, 9.17) is 0 Å². The monoisotopic (exact) mass is 418 g/mol. The lowest BCUT2D eigenvalue weighted by Crippen LogP contribution is -2.44. The fourth-order valence-electron chi connectivity index (χ4n) is 4.18. The molecule has 0 bridgehead atoms. The van der Waals surface area contributed by atoms with Crippen LogP contribution in [0.1, 0.15) is 24.0 Å². The topological polar surface area (TPSA) is 55.9 Å². The van der Waals surface area contributed by atoms with Gasteiger partial charge in [0.2, 0.25) is 11.8 Å². The highest BCUT2D eigenvalue weighted by atomic mass is 16.2. The van der Waals surface area contributed by atoms with Crippen LogP contribution in [0, 0.1) is 6.92 Å². The molecular formula is C25H30N4O2. The maximum Gasteiger partial charge on any atom is 0.248 e. The minimum absolute atomic E-state index is 0.162. The van der Waals surface area contributed by atoms with Crippen molar-refractivity contribution in [2.24, 2.45) is 0 Å². The van der Waals surface area contributed by atoms with Gasteiger partial charge in [0.05, 0.1) is 0 Å². The molecule has 0 spiro atoms. The number of carbonyl (C=O) groups excluding carboxylic acids is 2. The number of benzene rings is 2. The molecule has 0 unspecified atom stereocenters. The Hall–Kier alpha value is -3.12. The summed E-state index contributed by atoms with van der Waals surface area (Å²) >= 11 is 0. The number of rotatable bonds is 5. The van der Waals surface area contributed by atoms with Crippen LogP contribution in [0.2, 0.25) is 0 Å². The molecule has 31 heavy (non-hydrogen) atoms. The summed E-state index contributed by atoms with van der Waals surface area (Å²) in [5.74, 6) is 0.0159. The third-order valence-electron chi connectivity index (χ3n) is 6.01. The van der Waals surface area contributed by atoms with Crippen molar-refractivity contribution in [3.05, 3.63) is 59.7 Å². The number of piperazine rings is 1. The lowest BCUT2D eigenvalue weighted by Gasteiger charge is -2.35. The fourth-order valence-corrected chi connectivity index (χ4v) is 4.18. The molecule has 6 heteroatoms. The standard InChI is InChI=1S/C25H30N4O2/c1-19-18-21(8-11-23(19)28-16-14-27(2)15-17-28)26-24(30)12-7-20-5-9-22(10-6-20)29-13-3-4-25(29)31/h5-12,18H,3-4,13-17H2,1-2H3,(H,26,30)/b12-7+. The van der Waals surface area contributed by atoms with Gasteiger partial charge in [-0.25, -0.2) is 0 Å². The highest BCUT2D eigenvalue weighted by molar-refractivity contribution is 6.02. The van der Waals surface area contributed by atoms with E-state index < -0.39 is 0 Å². The highest BCUT2D eigenvalue weighted by Gasteiger charge is 2.21. The van der Waals surface area contributed by atoms with Crippen LogP contribution in [0.3, 0.4) is 0 Å². The van der Waals surface area contributed by atoms with Gasteiger partial charge in [0.15, 0.2) is 0 Å². The van der Waals surface area contributed by atoms with E-state index in [2.05, 4.69) is 35.2 Å². The first-order valence-corrected chi connectivity index (χ1v) is 10.9. The largest absolute Gasteiger partial charge is 0.369 e. The van der Waals surface area contributed by atoms with Crippen molar-refractivity contribution in [2.75, 3.05) is 54.9 Å². The molecule has 0 aliphatic carbocycles. The quantitative estimate of drug-likeness (QED) is 0.755. The van der Waals surface area contributed by atoms with Gasteiger partial charge in [-0.05, 0) is 67.9 Å². The van der Waals surface area contributed by atoms with E-state index in [0.29, 0.717) is 6.42 Å². The van der Waals surface area contributed by atoms with Crippen LogP contribution < -0.4 is 15.1 Å². The van der Waals surface area contributed by atoms with E-state index in [0.717, 1.165) is 56.1 Å². The summed E-state index contributed by atoms with van der Waals surface area (Å²) in [6.45, 7) is 7.05. The van der Waals surface area contributed by atoms with Crippen LogP contribution in [0.4, 0.5) is 17.1 Å². The second-order valence-electron chi connectivity index (χ2n) is 8.35. The minimum atomic E-state index is -0.162. The van der Waals surface area contributed by atoms with Crippen molar-refractivity contribution in [2.45, 2.75) is 19.8 Å². The SMILES string of the molecule is Cc1cc(NC(=O)/C=C/c2ccc(N3CCCC3=O)cc2)ccc1N1CCN(C)CC1. The second kappa shape index (κ2) is 9.35. The Labute approximate surface area is 184 Å². The molecule has 6 nitrogen and oxygen atoms in total. The van der Waals surface area contributed by atoms with Crippen molar-refractivity contribution in [3.8, 4) is 0 Å². The number of likely N-dealkylation sites (N-methyl/N-ethyl adjacent to an activating group) is 1. The Balaban J connectivity index is 1.34. The summed E-state index contributed by atoms with van der Waals surface area (Å²) < 4.78 is 0. The van der Waals surface area contributed by atoms with E-state index in [-0.39, 0.29) is 11.8 Å². The number of hydrogen-bond donors (Lipinski definition) is 1. The van der Waals surface area contributed by atoms with Crippen molar-refractivity contribution < 1.29 is 9.59 Å². The Kier molecular flexibility index (Phi) is 6.37. The molecule has 1 N–H and O–H groups in total. The zero-order chi connectivity index (χ0) is 21.8. The zero-order valence-corrected chi connectivity index (χ0v) is 18.3. The molecule has 4 rings (SSSR count). The van der Waals surface area contributed by atoms with Gasteiger partial charge in [-0.3, -0.25) is 9.59 Å². The third-order valence-corrected chi connectivity index (χ3v) is 6.01. The summed E-state index contributed by atoms with van der Waals surface area (Å²) in [6.07, 6.45) is 4.87. The number of nitrogens with one attached hydrogen (secondary N) is 1. The van der Waals surface area contributed by atoms with Crippen LogP contribution in [-0.2, 0) is 9.59 Å². The lowest BCUT2D eigenvalue weighted by molar-refractivity contribution is -0.117. The number of hydrogen-bond acceptors (Lipinski definition) is 4. The van der Waals surface area contributed by atoms with E-state index in [1.807, 2.05) is 41.3 Å². The molecule has 2 aliphatic rings. The smallest absolute Gasteiger partial charge is 0.248 e. The van der Waals surface area contributed by atoms with Crippen LogP contribution in [-0.4, -0.2) is 56.5 Å². The Morgan fingerprint density at radius 2 is 1.74 bits per heavy atom. The molecule has 2 heterocycles. The van der Waals surface area contributed by atoms with E-state index >= 15 is 0 Å². The van der Waals surface area contributed by atoms with Gasteiger partial charge >= 0.3 is 0 Å². The summed E-state index contributed by atoms with van der Waals surface area (Å²) in [5, 5.41) is 2.95. The first-order valence-electron chi connectivity index (χ1n) is 10.9. The Morgan fingerprint density at radius 1 is 1.00 bits per heavy atom. The van der Waals surface area contributed by atoms with Crippen LogP contribution in [0.15, 0.2) is 48.5 Å². The average molecular weight is 419 g/mol. The summed E-state index contributed by atoms with van der Waals surface area (Å²) in [6, 6.07) is 13.8. The minimum Gasteiger partial charge on any atom is -0.369 e. The number of carbonyl (C=O) groups is 2. The summed E-state index contributed by atoms with van der Waals surface area (Å²) in [5.41, 5.74) is 5.04. The van der Waals surface area contributed by atoms with Crippen molar-refractivity contribution in [3.63, 3.8) is 0 Å². The molecular weight excluding hydrogens is 388 g/mol. The van der Waals surface area contributed by atoms with Gasteiger partial charge < -0.3 is 20.0 Å². The first-order chi connectivity index (χ1) is 15.0. The Bertz CT molecular complexity index is 976. The van der Waals surface area contributed by atoms with Gasteiger partial charge in [-0.2, -0.15) is 0 Å². The van der Waals surface area contributed by atoms with Crippen LogP contribution >= 0.6 is 0 Å². The molecule has 0 atom stereocenters. The predicted octanol–water partition coefficient (Wildman–Crippen LogP) is 3.53. The number of nitrogens with zero attached hydrogens (tertiary/aromatic N) is 3. The zero-order valence-electron chi connectivity index (χ0n) is 18.3. The van der Waals surface area contributed by atoms with Crippen molar-refractivity contribution in [1.82, 2.24) is 4.90 Å². The maximum atomic E-state index is 12.4. The third kappa shape index (κ3) is 5.14. The number of anilines is 3.